The first kappa shape index (κ1) is 14.5. The number of aromatic nitrogens is 1. The first-order valence-electron chi connectivity index (χ1n) is 7.39. The number of hydrogen-bond acceptors (Lipinski definition) is 3. The molecule has 3 heteroatoms. The molecule has 0 aromatic carbocycles. The molecule has 1 aliphatic heterocycles. The van der Waals surface area contributed by atoms with Gasteiger partial charge in [0.15, 0.2) is 0 Å². The summed E-state index contributed by atoms with van der Waals surface area (Å²) >= 11 is 0. The van der Waals surface area contributed by atoms with E-state index in [4.69, 9.17) is 0 Å². The highest BCUT2D eigenvalue weighted by Gasteiger charge is 2.29. The van der Waals surface area contributed by atoms with E-state index in [1.54, 1.807) is 0 Å². The molecule has 106 valence electrons. The van der Waals surface area contributed by atoms with Gasteiger partial charge in [-0.1, -0.05) is 33.8 Å². The molecule has 19 heavy (non-hydrogen) atoms. The van der Waals surface area contributed by atoms with E-state index in [1.165, 1.54) is 11.3 Å². The maximum absolute atomic E-state index is 4.57. The molecule has 1 saturated heterocycles. The molecule has 1 N–H and O–H groups in total. The SMILES string of the molecule is CCc1cccnc1CN1CCNC(C(C)(C)C)C1. The van der Waals surface area contributed by atoms with Gasteiger partial charge in [0.1, 0.15) is 0 Å². The highest BCUT2D eigenvalue weighted by molar-refractivity contribution is 5.19. The fourth-order valence-corrected chi connectivity index (χ4v) is 2.68. The van der Waals surface area contributed by atoms with E-state index in [9.17, 15) is 0 Å². The smallest absolute Gasteiger partial charge is 0.0575 e. The topological polar surface area (TPSA) is 28.2 Å². The highest BCUT2D eigenvalue weighted by Crippen LogP contribution is 2.22. The minimum atomic E-state index is 0.316. The van der Waals surface area contributed by atoms with Crippen molar-refractivity contribution in [3.8, 4) is 0 Å². The summed E-state index contributed by atoms with van der Waals surface area (Å²) in [5.41, 5.74) is 2.95. The van der Waals surface area contributed by atoms with Crippen molar-refractivity contribution >= 4 is 0 Å². The lowest BCUT2D eigenvalue weighted by atomic mass is 9.85. The molecule has 1 aliphatic rings. The van der Waals surface area contributed by atoms with Crippen molar-refractivity contribution in [2.24, 2.45) is 5.41 Å². The van der Waals surface area contributed by atoms with Crippen LogP contribution in [0.15, 0.2) is 18.3 Å². The van der Waals surface area contributed by atoms with Crippen LogP contribution >= 0.6 is 0 Å². The van der Waals surface area contributed by atoms with Gasteiger partial charge in [0.25, 0.3) is 0 Å². The van der Waals surface area contributed by atoms with E-state index in [0.717, 1.165) is 32.6 Å². The fourth-order valence-electron chi connectivity index (χ4n) is 2.68. The molecule has 0 radical (unpaired) electrons. The number of hydrogen-bond donors (Lipinski definition) is 1. The summed E-state index contributed by atoms with van der Waals surface area (Å²) in [5, 5.41) is 3.64. The Labute approximate surface area is 117 Å². The van der Waals surface area contributed by atoms with E-state index in [2.05, 4.69) is 49.0 Å². The predicted molar refractivity (Wildman–Crippen MR) is 80.1 cm³/mol. The molecule has 1 unspecified atom stereocenters. The van der Waals surface area contributed by atoms with Crippen LogP contribution in [0.1, 0.15) is 39.0 Å². The molecule has 0 bridgehead atoms. The third-order valence-electron chi connectivity index (χ3n) is 4.04. The summed E-state index contributed by atoms with van der Waals surface area (Å²) in [4.78, 5) is 7.10. The summed E-state index contributed by atoms with van der Waals surface area (Å²) in [5.74, 6) is 0. The summed E-state index contributed by atoms with van der Waals surface area (Å²) in [6.07, 6.45) is 2.98. The van der Waals surface area contributed by atoms with Crippen LogP contribution in [0.5, 0.6) is 0 Å². The van der Waals surface area contributed by atoms with Crippen molar-refractivity contribution in [3.63, 3.8) is 0 Å². The standard InChI is InChI=1S/C16H27N3/c1-5-13-7-6-8-17-14(13)11-19-10-9-18-15(12-19)16(2,3)4/h6-8,15,18H,5,9-12H2,1-4H3. The van der Waals surface area contributed by atoms with Crippen LogP contribution < -0.4 is 5.32 Å². The second kappa shape index (κ2) is 6.02. The number of aryl methyl sites for hydroxylation is 1. The van der Waals surface area contributed by atoms with Crippen molar-refractivity contribution in [1.29, 1.82) is 0 Å². The van der Waals surface area contributed by atoms with Crippen LogP contribution in [0.4, 0.5) is 0 Å². The minimum absolute atomic E-state index is 0.316. The second-order valence-corrected chi connectivity index (χ2v) is 6.57. The number of rotatable bonds is 3. The fraction of sp³-hybridized carbons (Fsp3) is 0.688. The average molecular weight is 261 g/mol. The first-order valence-corrected chi connectivity index (χ1v) is 7.39. The molecule has 1 aromatic rings. The number of nitrogens with zero attached hydrogens (tertiary/aromatic N) is 2. The highest BCUT2D eigenvalue weighted by atomic mass is 15.2. The lowest BCUT2D eigenvalue weighted by molar-refractivity contribution is 0.128. The van der Waals surface area contributed by atoms with Gasteiger partial charge >= 0.3 is 0 Å². The molecule has 2 heterocycles. The van der Waals surface area contributed by atoms with Crippen LogP contribution in [-0.4, -0.2) is 35.6 Å². The van der Waals surface area contributed by atoms with Crippen molar-refractivity contribution in [2.75, 3.05) is 19.6 Å². The Morgan fingerprint density at radius 3 is 2.89 bits per heavy atom. The largest absolute Gasteiger partial charge is 0.311 e. The Bertz CT molecular complexity index is 409. The van der Waals surface area contributed by atoms with Gasteiger partial charge in [-0.25, -0.2) is 0 Å². The molecule has 0 saturated carbocycles. The summed E-state index contributed by atoms with van der Waals surface area (Å²) in [7, 11) is 0. The van der Waals surface area contributed by atoms with E-state index in [0.29, 0.717) is 11.5 Å². The molecule has 0 aliphatic carbocycles. The molecular weight excluding hydrogens is 234 g/mol. The zero-order chi connectivity index (χ0) is 13.9. The normalized spacial score (nSPS) is 21.6. The van der Waals surface area contributed by atoms with Crippen molar-refractivity contribution in [1.82, 2.24) is 15.2 Å². The number of pyridine rings is 1. The van der Waals surface area contributed by atoms with Crippen molar-refractivity contribution in [2.45, 2.75) is 46.7 Å². The van der Waals surface area contributed by atoms with Crippen molar-refractivity contribution in [3.05, 3.63) is 29.6 Å². The molecule has 0 amide bonds. The molecule has 1 fully saturated rings. The van der Waals surface area contributed by atoms with E-state index in [-0.39, 0.29) is 0 Å². The molecule has 2 rings (SSSR count). The van der Waals surface area contributed by atoms with Gasteiger partial charge in [0.2, 0.25) is 0 Å². The van der Waals surface area contributed by atoms with Gasteiger partial charge in [-0.3, -0.25) is 9.88 Å². The third kappa shape index (κ3) is 3.77. The number of nitrogens with one attached hydrogen (secondary N) is 1. The summed E-state index contributed by atoms with van der Waals surface area (Å²) in [6.45, 7) is 13.4. The maximum atomic E-state index is 4.57. The minimum Gasteiger partial charge on any atom is -0.311 e. The zero-order valence-electron chi connectivity index (χ0n) is 12.7. The molecular formula is C16H27N3. The van der Waals surface area contributed by atoms with E-state index in [1.807, 2.05) is 12.3 Å². The monoisotopic (exact) mass is 261 g/mol. The average Bonchev–Trinajstić information content (AvgIpc) is 2.39. The van der Waals surface area contributed by atoms with Crippen LogP contribution in [0.3, 0.4) is 0 Å². The summed E-state index contributed by atoms with van der Waals surface area (Å²) in [6, 6.07) is 4.80. The van der Waals surface area contributed by atoms with Gasteiger partial charge in [-0.05, 0) is 23.5 Å². The Morgan fingerprint density at radius 1 is 1.42 bits per heavy atom. The lowest BCUT2D eigenvalue weighted by Crippen LogP contribution is -2.55. The third-order valence-corrected chi connectivity index (χ3v) is 4.04. The Balaban J connectivity index is 2.03. The van der Waals surface area contributed by atoms with E-state index < -0.39 is 0 Å². The van der Waals surface area contributed by atoms with Gasteiger partial charge < -0.3 is 5.32 Å². The van der Waals surface area contributed by atoms with Gasteiger partial charge in [0.05, 0.1) is 5.69 Å². The van der Waals surface area contributed by atoms with Crippen LogP contribution in [0.2, 0.25) is 0 Å². The Kier molecular flexibility index (Phi) is 4.58. The second-order valence-electron chi connectivity index (χ2n) is 6.57. The quantitative estimate of drug-likeness (QED) is 0.906. The van der Waals surface area contributed by atoms with Crippen molar-refractivity contribution < 1.29 is 0 Å². The summed E-state index contributed by atoms with van der Waals surface area (Å²) < 4.78 is 0. The van der Waals surface area contributed by atoms with Gasteiger partial charge in [-0.2, -0.15) is 0 Å². The molecule has 1 aromatic heterocycles. The molecule has 0 spiro atoms. The van der Waals surface area contributed by atoms with Gasteiger partial charge in [-0.15, -0.1) is 0 Å². The first-order chi connectivity index (χ1) is 9.00. The molecule has 3 nitrogen and oxygen atoms in total. The maximum Gasteiger partial charge on any atom is 0.0575 e. The van der Waals surface area contributed by atoms with Crippen LogP contribution in [0.25, 0.3) is 0 Å². The van der Waals surface area contributed by atoms with Gasteiger partial charge in [0, 0.05) is 38.4 Å². The predicted octanol–water partition coefficient (Wildman–Crippen LogP) is 2.46. The van der Waals surface area contributed by atoms with E-state index >= 15 is 0 Å². The van der Waals surface area contributed by atoms with Crippen LogP contribution in [0, 0.1) is 5.41 Å². The lowest BCUT2D eigenvalue weighted by Gasteiger charge is -2.40. The molecule has 1 atom stereocenters. The zero-order valence-corrected chi connectivity index (χ0v) is 12.7. The number of piperazine rings is 1. The van der Waals surface area contributed by atoms with Crippen LogP contribution in [-0.2, 0) is 13.0 Å². The Hall–Kier alpha value is -0.930. The Morgan fingerprint density at radius 2 is 2.21 bits per heavy atom.